The number of hydrogen-bond donors (Lipinski definition) is 2. The van der Waals surface area contributed by atoms with Gasteiger partial charge in [0, 0.05) is 23.4 Å². The summed E-state index contributed by atoms with van der Waals surface area (Å²) >= 11 is 11.4. The number of aryl methyl sites for hydroxylation is 1. The zero-order valence-corrected chi connectivity index (χ0v) is 12.8. The van der Waals surface area contributed by atoms with E-state index in [0.29, 0.717) is 10.1 Å². The topological polar surface area (TPSA) is 35.5 Å². The summed E-state index contributed by atoms with van der Waals surface area (Å²) in [5, 5.41) is 13.7. The van der Waals surface area contributed by atoms with Crippen LogP contribution in [0.25, 0.3) is 0 Å². The van der Waals surface area contributed by atoms with Gasteiger partial charge in [0.15, 0.2) is 5.11 Å². The minimum atomic E-state index is 0.228. The number of phenols is 1. The van der Waals surface area contributed by atoms with Crippen molar-refractivity contribution in [3.8, 4) is 5.75 Å². The lowest BCUT2D eigenvalue weighted by Gasteiger charge is -2.21. The largest absolute Gasteiger partial charge is 0.508 e. The van der Waals surface area contributed by atoms with Crippen molar-refractivity contribution >= 4 is 40.3 Å². The Bertz CT molecular complexity index is 628. The van der Waals surface area contributed by atoms with Gasteiger partial charge in [-0.2, -0.15) is 0 Å². The summed E-state index contributed by atoms with van der Waals surface area (Å²) in [6, 6.07) is 12.5. The standard InChI is InChI=1S/C15H15ClN2OS/c1-10-3-4-11(9-14(10)16)17-15(20)18(2)12-5-7-13(19)8-6-12/h3-9,19H,1-2H3,(H,17,20). The second-order valence-corrected chi connectivity index (χ2v) is 5.26. The van der Waals surface area contributed by atoms with Crippen molar-refractivity contribution < 1.29 is 5.11 Å². The third kappa shape index (κ3) is 3.40. The molecule has 0 saturated heterocycles. The monoisotopic (exact) mass is 306 g/mol. The van der Waals surface area contributed by atoms with Crippen molar-refractivity contribution in [2.75, 3.05) is 17.3 Å². The van der Waals surface area contributed by atoms with Crippen molar-refractivity contribution in [3.63, 3.8) is 0 Å². The molecule has 0 heterocycles. The number of aromatic hydroxyl groups is 1. The molecule has 0 aliphatic carbocycles. The highest BCUT2D eigenvalue weighted by atomic mass is 35.5. The molecule has 0 bridgehead atoms. The van der Waals surface area contributed by atoms with Gasteiger partial charge in [-0.15, -0.1) is 0 Å². The second-order valence-electron chi connectivity index (χ2n) is 4.47. The maximum Gasteiger partial charge on any atom is 0.177 e. The molecule has 2 aromatic rings. The van der Waals surface area contributed by atoms with E-state index in [1.54, 1.807) is 24.3 Å². The number of hydrogen-bond acceptors (Lipinski definition) is 2. The number of rotatable bonds is 2. The van der Waals surface area contributed by atoms with Crippen molar-refractivity contribution in [1.29, 1.82) is 0 Å². The quantitative estimate of drug-likeness (QED) is 0.816. The maximum absolute atomic E-state index is 9.29. The zero-order valence-electron chi connectivity index (χ0n) is 11.2. The van der Waals surface area contributed by atoms with E-state index >= 15 is 0 Å². The van der Waals surface area contributed by atoms with Gasteiger partial charge in [0.2, 0.25) is 0 Å². The van der Waals surface area contributed by atoms with Crippen LogP contribution in [0.5, 0.6) is 5.75 Å². The maximum atomic E-state index is 9.29. The van der Waals surface area contributed by atoms with Crippen molar-refractivity contribution in [2.24, 2.45) is 0 Å². The molecule has 0 aliphatic rings. The molecule has 3 nitrogen and oxygen atoms in total. The highest BCUT2D eigenvalue weighted by Crippen LogP contribution is 2.22. The SMILES string of the molecule is Cc1ccc(NC(=S)N(C)c2ccc(O)cc2)cc1Cl. The highest BCUT2D eigenvalue weighted by molar-refractivity contribution is 7.80. The van der Waals surface area contributed by atoms with Crippen molar-refractivity contribution in [3.05, 3.63) is 53.1 Å². The first-order valence-corrected chi connectivity index (χ1v) is 6.86. The summed E-state index contributed by atoms with van der Waals surface area (Å²) in [4.78, 5) is 1.82. The van der Waals surface area contributed by atoms with E-state index in [-0.39, 0.29) is 5.75 Å². The predicted octanol–water partition coefficient (Wildman–Crippen LogP) is 4.19. The third-order valence-corrected chi connectivity index (χ3v) is 3.75. The fourth-order valence-corrected chi connectivity index (χ4v) is 2.08. The van der Waals surface area contributed by atoms with E-state index in [1.165, 1.54) is 0 Å². The molecule has 0 amide bonds. The van der Waals surface area contributed by atoms with Crippen LogP contribution in [0.3, 0.4) is 0 Å². The van der Waals surface area contributed by atoms with Gasteiger partial charge >= 0.3 is 0 Å². The van der Waals surface area contributed by atoms with Crippen LogP contribution in [-0.2, 0) is 0 Å². The number of phenolic OH excluding ortho intramolecular Hbond substituents is 1. The predicted molar refractivity (Wildman–Crippen MR) is 88.9 cm³/mol. The molecule has 0 aromatic heterocycles. The van der Waals surface area contributed by atoms with Crippen LogP contribution < -0.4 is 10.2 Å². The number of thiocarbonyl (C=S) groups is 1. The van der Waals surface area contributed by atoms with Crippen LogP contribution in [0.4, 0.5) is 11.4 Å². The molecular weight excluding hydrogens is 292 g/mol. The molecule has 2 aromatic carbocycles. The second kappa shape index (κ2) is 6.11. The summed E-state index contributed by atoms with van der Waals surface area (Å²) in [6.45, 7) is 1.95. The fraction of sp³-hybridized carbons (Fsp3) is 0.133. The Balaban J connectivity index is 2.11. The van der Waals surface area contributed by atoms with Crippen LogP contribution in [-0.4, -0.2) is 17.3 Å². The summed E-state index contributed by atoms with van der Waals surface area (Å²) in [5.41, 5.74) is 2.75. The lowest BCUT2D eigenvalue weighted by Crippen LogP contribution is -2.30. The van der Waals surface area contributed by atoms with Gasteiger partial charge in [-0.1, -0.05) is 17.7 Å². The molecule has 0 unspecified atom stereocenters. The third-order valence-electron chi connectivity index (χ3n) is 2.96. The summed E-state index contributed by atoms with van der Waals surface area (Å²) < 4.78 is 0. The van der Waals surface area contributed by atoms with Gasteiger partial charge in [0.1, 0.15) is 5.75 Å². The Hall–Kier alpha value is -1.78. The molecule has 20 heavy (non-hydrogen) atoms. The van der Waals surface area contributed by atoms with Crippen LogP contribution in [0.15, 0.2) is 42.5 Å². The van der Waals surface area contributed by atoms with Gasteiger partial charge in [0.05, 0.1) is 0 Å². The Kier molecular flexibility index (Phi) is 4.47. The number of nitrogens with one attached hydrogen (secondary N) is 1. The van der Waals surface area contributed by atoms with Crippen LogP contribution in [0.1, 0.15) is 5.56 Å². The minimum absolute atomic E-state index is 0.228. The van der Waals surface area contributed by atoms with E-state index in [9.17, 15) is 5.11 Å². The molecular formula is C15H15ClN2OS. The van der Waals surface area contributed by atoms with Crippen LogP contribution >= 0.6 is 23.8 Å². The van der Waals surface area contributed by atoms with E-state index < -0.39 is 0 Å². The van der Waals surface area contributed by atoms with E-state index in [0.717, 1.165) is 16.9 Å². The fourth-order valence-electron chi connectivity index (χ4n) is 1.67. The van der Waals surface area contributed by atoms with Crippen LogP contribution in [0, 0.1) is 6.92 Å². The number of anilines is 2. The van der Waals surface area contributed by atoms with Gasteiger partial charge in [-0.25, -0.2) is 0 Å². The smallest absolute Gasteiger partial charge is 0.177 e. The first kappa shape index (κ1) is 14.6. The van der Waals surface area contributed by atoms with E-state index in [1.807, 2.05) is 37.1 Å². The summed E-state index contributed by atoms with van der Waals surface area (Å²) in [5.74, 6) is 0.228. The molecule has 0 fully saturated rings. The van der Waals surface area contributed by atoms with Gasteiger partial charge in [-0.05, 0) is 61.1 Å². The van der Waals surface area contributed by atoms with Gasteiger partial charge in [-0.3, -0.25) is 0 Å². The molecule has 2 rings (SSSR count). The number of benzene rings is 2. The molecule has 0 aliphatic heterocycles. The van der Waals surface area contributed by atoms with Gasteiger partial charge in [0.25, 0.3) is 0 Å². The lowest BCUT2D eigenvalue weighted by atomic mass is 10.2. The van der Waals surface area contributed by atoms with Crippen molar-refractivity contribution in [2.45, 2.75) is 6.92 Å². The minimum Gasteiger partial charge on any atom is -0.508 e. The average Bonchev–Trinajstić information content (AvgIpc) is 2.43. The molecule has 0 atom stereocenters. The lowest BCUT2D eigenvalue weighted by molar-refractivity contribution is 0.475. The molecule has 0 radical (unpaired) electrons. The zero-order chi connectivity index (χ0) is 14.7. The number of nitrogens with zero attached hydrogens (tertiary/aromatic N) is 1. The first-order valence-electron chi connectivity index (χ1n) is 6.07. The molecule has 104 valence electrons. The Morgan fingerprint density at radius 1 is 1.20 bits per heavy atom. The van der Waals surface area contributed by atoms with Crippen LogP contribution in [0.2, 0.25) is 5.02 Å². The first-order chi connectivity index (χ1) is 9.47. The normalized spacial score (nSPS) is 10.2. The molecule has 5 heteroatoms. The molecule has 0 spiro atoms. The van der Waals surface area contributed by atoms with Gasteiger partial charge < -0.3 is 15.3 Å². The summed E-state index contributed by atoms with van der Waals surface area (Å²) in [6.07, 6.45) is 0. The Labute approximate surface area is 128 Å². The Morgan fingerprint density at radius 2 is 1.85 bits per heavy atom. The molecule has 2 N–H and O–H groups in total. The van der Waals surface area contributed by atoms with Crippen molar-refractivity contribution in [1.82, 2.24) is 0 Å². The highest BCUT2D eigenvalue weighted by Gasteiger charge is 2.08. The number of halogens is 1. The van der Waals surface area contributed by atoms with E-state index in [4.69, 9.17) is 23.8 Å². The average molecular weight is 307 g/mol. The molecule has 0 saturated carbocycles. The van der Waals surface area contributed by atoms with E-state index in [2.05, 4.69) is 5.32 Å². The summed E-state index contributed by atoms with van der Waals surface area (Å²) in [7, 11) is 1.86. The Morgan fingerprint density at radius 3 is 2.45 bits per heavy atom.